The van der Waals surface area contributed by atoms with Crippen molar-refractivity contribution in [2.75, 3.05) is 19.0 Å². The van der Waals surface area contributed by atoms with Crippen molar-refractivity contribution in [1.82, 2.24) is 4.98 Å². The van der Waals surface area contributed by atoms with E-state index < -0.39 is 13.7 Å². The Morgan fingerprint density at radius 2 is 1.81 bits per heavy atom. The smallest absolute Gasteiger partial charge is 0.229 e. The van der Waals surface area contributed by atoms with Gasteiger partial charge in [0.05, 0.1) is 37.4 Å². The molecule has 1 amide bonds. The van der Waals surface area contributed by atoms with Crippen LogP contribution >= 0.6 is 0 Å². The van der Waals surface area contributed by atoms with Gasteiger partial charge in [-0.1, -0.05) is 53.4 Å². The minimum absolute atomic E-state index is 0.104. The van der Waals surface area contributed by atoms with Gasteiger partial charge in [-0.25, -0.2) is 0 Å². The molecule has 1 aromatic heterocycles. The predicted molar refractivity (Wildman–Crippen MR) is 109 cm³/mol. The van der Waals surface area contributed by atoms with Crippen LogP contribution in [0.1, 0.15) is 47.1 Å². The summed E-state index contributed by atoms with van der Waals surface area (Å²) in [5, 5.41) is 3.02. The number of methoxy groups -OCH3 is 1. The molecule has 0 spiro atoms. The van der Waals surface area contributed by atoms with Crippen molar-refractivity contribution >= 4 is 19.9 Å². The third-order valence-electron chi connectivity index (χ3n) is 4.59. The summed E-state index contributed by atoms with van der Waals surface area (Å²) in [6.07, 6.45) is 3.18. The molecule has 0 unspecified atom stereocenters. The lowest BCUT2D eigenvalue weighted by atomic mass is 9.95. The van der Waals surface area contributed by atoms with E-state index in [1.54, 1.807) is 19.5 Å². The summed E-state index contributed by atoms with van der Waals surface area (Å²) >= 11 is 0. The van der Waals surface area contributed by atoms with Gasteiger partial charge in [-0.2, -0.15) is 0 Å². The Morgan fingerprint density at radius 3 is 2.31 bits per heavy atom. The van der Waals surface area contributed by atoms with Gasteiger partial charge in [0.15, 0.2) is 14.1 Å². The van der Waals surface area contributed by atoms with Crippen LogP contribution in [0.4, 0.5) is 5.69 Å². The van der Waals surface area contributed by atoms with Crippen LogP contribution in [0.2, 0.25) is 18.1 Å². The monoisotopic (exact) mass is 376 g/mol. The van der Waals surface area contributed by atoms with E-state index in [1.165, 1.54) is 0 Å². The van der Waals surface area contributed by atoms with Crippen LogP contribution in [-0.4, -0.2) is 32.9 Å². The SMILES string of the molecule is COc1cncc(NC(=O)C(C)(C)C)c1C#CCO[Si](C)(C)C(C)(C)C. The largest absolute Gasteiger partial charge is 0.494 e. The van der Waals surface area contributed by atoms with E-state index in [-0.39, 0.29) is 10.9 Å². The summed E-state index contributed by atoms with van der Waals surface area (Å²) < 4.78 is 11.4. The lowest BCUT2D eigenvalue weighted by Gasteiger charge is -2.35. The average Bonchev–Trinajstić information content (AvgIpc) is 2.50. The second-order valence-electron chi connectivity index (χ2n) is 8.82. The molecule has 0 aromatic carbocycles. The predicted octanol–water partition coefficient (Wildman–Crippen LogP) is 4.45. The molecule has 5 nitrogen and oxygen atoms in total. The first-order chi connectivity index (χ1) is 11.8. The van der Waals surface area contributed by atoms with E-state index in [9.17, 15) is 4.79 Å². The summed E-state index contributed by atoms with van der Waals surface area (Å²) in [5.41, 5.74) is 0.641. The van der Waals surface area contributed by atoms with Crippen molar-refractivity contribution in [3.05, 3.63) is 18.0 Å². The van der Waals surface area contributed by atoms with Crippen LogP contribution in [0, 0.1) is 17.3 Å². The molecule has 0 aliphatic heterocycles. The molecule has 1 aromatic rings. The van der Waals surface area contributed by atoms with Gasteiger partial charge in [-0.3, -0.25) is 9.78 Å². The van der Waals surface area contributed by atoms with E-state index in [0.29, 0.717) is 23.6 Å². The fourth-order valence-corrected chi connectivity index (χ4v) is 2.55. The van der Waals surface area contributed by atoms with Crippen molar-refractivity contribution in [3.8, 4) is 17.6 Å². The molecule has 0 atom stereocenters. The van der Waals surface area contributed by atoms with Crippen LogP contribution in [0.15, 0.2) is 12.4 Å². The molecule has 1 rings (SSSR count). The van der Waals surface area contributed by atoms with E-state index in [2.05, 4.69) is 56.0 Å². The highest BCUT2D eigenvalue weighted by Gasteiger charge is 2.36. The molecule has 0 radical (unpaired) electrons. The molecule has 0 saturated carbocycles. The van der Waals surface area contributed by atoms with Gasteiger partial charge in [-0.15, -0.1) is 0 Å². The molecule has 0 bridgehead atoms. The number of carbonyl (C=O) groups is 1. The van der Waals surface area contributed by atoms with Gasteiger partial charge in [0.25, 0.3) is 0 Å². The fourth-order valence-electron chi connectivity index (χ4n) is 1.69. The Bertz CT molecular complexity index is 704. The van der Waals surface area contributed by atoms with Crippen LogP contribution in [0.25, 0.3) is 0 Å². The van der Waals surface area contributed by atoms with Crippen LogP contribution in [-0.2, 0) is 9.22 Å². The third-order valence-corrected chi connectivity index (χ3v) is 9.06. The molecule has 6 heteroatoms. The van der Waals surface area contributed by atoms with Crippen molar-refractivity contribution < 1.29 is 14.0 Å². The number of hydrogen-bond donors (Lipinski definition) is 1. The number of ether oxygens (including phenoxy) is 1. The molecule has 0 fully saturated rings. The van der Waals surface area contributed by atoms with E-state index in [4.69, 9.17) is 9.16 Å². The number of carbonyl (C=O) groups excluding carboxylic acids is 1. The highest BCUT2D eigenvalue weighted by Crippen LogP contribution is 2.36. The Balaban J connectivity index is 3.04. The number of hydrogen-bond acceptors (Lipinski definition) is 4. The zero-order chi connectivity index (χ0) is 20.2. The zero-order valence-electron chi connectivity index (χ0n) is 17.5. The first-order valence-electron chi connectivity index (χ1n) is 8.76. The molecule has 26 heavy (non-hydrogen) atoms. The molecule has 144 valence electrons. The fraction of sp³-hybridized carbons (Fsp3) is 0.600. The maximum Gasteiger partial charge on any atom is 0.229 e. The minimum Gasteiger partial charge on any atom is -0.494 e. The Hall–Kier alpha value is -1.84. The average molecular weight is 377 g/mol. The number of rotatable bonds is 4. The third kappa shape index (κ3) is 5.86. The standard InChI is InChI=1S/C20H32N2O3Si/c1-19(2,3)18(23)22-16-13-21-14-17(24-7)15(16)11-10-12-25-26(8,9)20(4,5)6/h13-14H,12H2,1-9H3,(H,22,23). The highest BCUT2D eigenvalue weighted by molar-refractivity contribution is 6.74. The molecule has 0 aliphatic rings. The highest BCUT2D eigenvalue weighted by atomic mass is 28.4. The van der Waals surface area contributed by atoms with Crippen molar-refractivity contribution in [3.63, 3.8) is 0 Å². The number of nitrogens with zero attached hydrogens (tertiary/aromatic N) is 1. The van der Waals surface area contributed by atoms with Crippen LogP contribution in [0.5, 0.6) is 5.75 Å². The van der Waals surface area contributed by atoms with Crippen molar-refractivity contribution in [2.45, 2.75) is 59.7 Å². The summed E-state index contributed by atoms with van der Waals surface area (Å²) in [7, 11) is -0.286. The number of anilines is 1. The normalized spacial score (nSPS) is 12.2. The minimum atomic E-state index is -1.85. The molecule has 1 N–H and O–H groups in total. The first kappa shape index (κ1) is 22.2. The number of nitrogens with one attached hydrogen (secondary N) is 1. The maximum absolute atomic E-state index is 12.3. The summed E-state index contributed by atoms with van der Waals surface area (Å²) in [4.78, 5) is 16.4. The molecule has 0 aliphatic carbocycles. The Labute approximate surface area is 159 Å². The first-order valence-corrected chi connectivity index (χ1v) is 11.7. The maximum atomic E-state index is 12.3. The van der Waals surface area contributed by atoms with Gasteiger partial charge < -0.3 is 14.5 Å². The lowest BCUT2D eigenvalue weighted by Crippen LogP contribution is -2.40. The van der Waals surface area contributed by atoms with Gasteiger partial charge in [0.1, 0.15) is 0 Å². The number of aromatic nitrogens is 1. The Kier molecular flexibility index (Phi) is 7.03. The summed E-state index contributed by atoms with van der Waals surface area (Å²) in [5.74, 6) is 6.56. The number of amides is 1. The van der Waals surface area contributed by atoms with E-state index in [0.717, 1.165) is 0 Å². The van der Waals surface area contributed by atoms with Crippen LogP contribution < -0.4 is 10.1 Å². The summed E-state index contributed by atoms with van der Waals surface area (Å²) in [6.45, 7) is 16.9. The molecular formula is C20H32N2O3Si. The van der Waals surface area contributed by atoms with E-state index >= 15 is 0 Å². The second kappa shape index (κ2) is 8.23. The topological polar surface area (TPSA) is 60.5 Å². The summed E-state index contributed by atoms with van der Waals surface area (Å²) in [6, 6.07) is 0. The van der Waals surface area contributed by atoms with Gasteiger partial charge >= 0.3 is 0 Å². The quantitative estimate of drug-likeness (QED) is 0.623. The van der Waals surface area contributed by atoms with Gasteiger partial charge in [0.2, 0.25) is 5.91 Å². The van der Waals surface area contributed by atoms with Crippen molar-refractivity contribution in [1.29, 1.82) is 0 Å². The molecule has 1 heterocycles. The second-order valence-corrected chi connectivity index (χ2v) is 13.6. The van der Waals surface area contributed by atoms with Crippen molar-refractivity contribution in [2.24, 2.45) is 5.41 Å². The van der Waals surface area contributed by atoms with Gasteiger partial charge in [-0.05, 0) is 18.1 Å². The number of pyridine rings is 1. The zero-order valence-corrected chi connectivity index (χ0v) is 18.5. The van der Waals surface area contributed by atoms with Gasteiger partial charge in [0, 0.05) is 5.41 Å². The molecular weight excluding hydrogens is 344 g/mol. The van der Waals surface area contributed by atoms with Crippen LogP contribution in [0.3, 0.4) is 0 Å². The van der Waals surface area contributed by atoms with E-state index in [1.807, 2.05) is 20.8 Å². The Morgan fingerprint density at radius 1 is 1.19 bits per heavy atom. The lowest BCUT2D eigenvalue weighted by molar-refractivity contribution is -0.123. The molecule has 0 saturated heterocycles.